The van der Waals surface area contributed by atoms with E-state index in [9.17, 15) is 14.4 Å². The van der Waals surface area contributed by atoms with Gasteiger partial charge in [-0.3, -0.25) is 14.4 Å². The third kappa shape index (κ3) is 5.46. The maximum Gasteiger partial charge on any atom is 0.251 e. The van der Waals surface area contributed by atoms with Gasteiger partial charge in [-0.05, 0) is 32.4 Å². The molecule has 0 bridgehead atoms. The molecule has 3 rings (SSSR count). The maximum absolute atomic E-state index is 12.6. The summed E-state index contributed by atoms with van der Waals surface area (Å²) < 4.78 is 5.12. The molecule has 1 N–H and O–H groups in total. The maximum atomic E-state index is 12.6. The number of nitrogens with one attached hydrogen (secondary N) is 1. The Hall–Kier alpha value is -3.16. The molecule has 2 aromatic rings. The SMILES string of the molecule is Cc1noc(C)c1CC(=O)N1CCN(C(=O)CCCNC(=O)c2ccccc2)CC1. The Labute approximate surface area is 176 Å². The highest BCUT2D eigenvalue weighted by atomic mass is 16.5. The zero-order valence-corrected chi connectivity index (χ0v) is 17.5. The fraction of sp³-hybridized carbons (Fsp3) is 0.455. The number of aromatic nitrogens is 1. The number of benzene rings is 1. The normalized spacial score (nSPS) is 13.9. The van der Waals surface area contributed by atoms with Gasteiger partial charge in [-0.1, -0.05) is 23.4 Å². The fourth-order valence-electron chi connectivity index (χ4n) is 3.51. The number of piperazine rings is 1. The summed E-state index contributed by atoms with van der Waals surface area (Å²) in [6.07, 6.45) is 1.24. The van der Waals surface area contributed by atoms with E-state index in [1.165, 1.54) is 0 Å². The van der Waals surface area contributed by atoms with Crippen LogP contribution in [0.15, 0.2) is 34.9 Å². The standard InChI is InChI=1S/C22H28N4O4/c1-16-19(17(2)30-24-16)15-21(28)26-13-11-25(12-14-26)20(27)9-6-10-23-22(29)18-7-4-3-5-8-18/h3-5,7-8H,6,9-15H2,1-2H3,(H,23,29). The van der Waals surface area contributed by atoms with Crippen LogP contribution in [0.1, 0.15) is 40.2 Å². The van der Waals surface area contributed by atoms with Gasteiger partial charge in [0.05, 0.1) is 12.1 Å². The Kier molecular flexibility index (Phi) is 7.21. The third-order valence-electron chi connectivity index (χ3n) is 5.38. The first-order valence-corrected chi connectivity index (χ1v) is 10.3. The van der Waals surface area contributed by atoms with Crippen molar-refractivity contribution in [1.82, 2.24) is 20.3 Å². The van der Waals surface area contributed by atoms with Gasteiger partial charge in [-0.15, -0.1) is 0 Å². The second-order valence-corrected chi connectivity index (χ2v) is 7.47. The summed E-state index contributed by atoms with van der Waals surface area (Å²) in [5.74, 6) is 0.629. The molecular weight excluding hydrogens is 384 g/mol. The molecule has 2 heterocycles. The van der Waals surface area contributed by atoms with Gasteiger partial charge in [0.25, 0.3) is 5.91 Å². The second kappa shape index (κ2) is 10.0. The van der Waals surface area contributed by atoms with Gasteiger partial charge in [0.15, 0.2) is 0 Å². The van der Waals surface area contributed by atoms with Crippen molar-refractivity contribution in [3.63, 3.8) is 0 Å². The molecule has 160 valence electrons. The van der Waals surface area contributed by atoms with Crippen LogP contribution in [0.3, 0.4) is 0 Å². The number of amides is 3. The first-order valence-electron chi connectivity index (χ1n) is 10.3. The molecule has 1 aromatic heterocycles. The summed E-state index contributed by atoms with van der Waals surface area (Å²) in [6.45, 7) is 6.21. The monoisotopic (exact) mass is 412 g/mol. The van der Waals surface area contributed by atoms with Crippen LogP contribution in [0.4, 0.5) is 0 Å². The molecule has 8 nitrogen and oxygen atoms in total. The highest BCUT2D eigenvalue weighted by molar-refractivity contribution is 5.94. The second-order valence-electron chi connectivity index (χ2n) is 7.47. The minimum atomic E-state index is -0.131. The topological polar surface area (TPSA) is 95.8 Å². The average molecular weight is 412 g/mol. The van der Waals surface area contributed by atoms with Crippen LogP contribution in [0.5, 0.6) is 0 Å². The average Bonchev–Trinajstić information content (AvgIpc) is 3.09. The molecule has 1 saturated heterocycles. The summed E-state index contributed by atoms with van der Waals surface area (Å²) >= 11 is 0. The largest absolute Gasteiger partial charge is 0.361 e. The van der Waals surface area contributed by atoms with Crippen molar-refractivity contribution < 1.29 is 18.9 Å². The van der Waals surface area contributed by atoms with Crippen molar-refractivity contribution >= 4 is 17.7 Å². The minimum Gasteiger partial charge on any atom is -0.361 e. The lowest BCUT2D eigenvalue weighted by Gasteiger charge is -2.35. The summed E-state index contributed by atoms with van der Waals surface area (Å²) in [6, 6.07) is 9.01. The van der Waals surface area contributed by atoms with E-state index in [1.54, 1.807) is 21.9 Å². The Morgan fingerprint density at radius 2 is 1.63 bits per heavy atom. The number of hydrogen-bond acceptors (Lipinski definition) is 5. The first-order chi connectivity index (χ1) is 14.5. The summed E-state index contributed by atoms with van der Waals surface area (Å²) in [5.41, 5.74) is 2.20. The molecule has 30 heavy (non-hydrogen) atoms. The molecule has 3 amide bonds. The lowest BCUT2D eigenvalue weighted by atomic mass is 10.1. The fourth-order valence-corrected chi connectivity index (χ4v) is 3.51. The molecule has 0 aliphatic carbocycles. The van der Waals surface area contributed by atoms with Gasteiger partial charge < -0.3 is 19.6 Å². The first kappa shape index (κ1) is 21.5. The Morgan fingerprint density at radius 1 is 1.00 bits per heavy atom. The van der Waals surface area contributed by atoms with Crippen molar-refractivity contribution in [1.29, 1.82) is 0 Å². The van der Waals surface area contributed by atoms with Crippen LogP contribution in [-0.2, 0) is 16.0 Å². The Bertz CT molecular complexity index is 866. The summed E-state index contributed by atoms with van der Waals surface area (Å²) in [5, 5.41) is 6.72. The van der Waals surface area contributed by atoms with Crippen LogP contribution < -0.4 is 5.32 Å². The van der Waals surface area contributed by atoms with Crippen LogP contribution in [0.25, 0.3) is 0 Å². The lowest BCUT2D eigenvalue weighted by molar-refractivity contribution is -0.139. The number of rotatable bonds is 7. The molecule has 0 spiro atoms. The lowest BCUT2D eigenvalue weighted by Crippen LogP contribution is -2.51. The van der Waals surface area contributed by atoms with Gasteiger partial charge >= 0.3 is 0 Å². The number of carbonyl (C=O) groups is 3. The van der Waals surface area contributed by atoms with Crippen LogP contribution in [0, 0.1) is 13.8 Å². The van der Waals surface area contributed by atoms with Gasteiger partial charge in [-0.2, -0.15) is 0 Å². The zero-order valence-electron chi connectivity index (χ0n) is 17.5. The predicted molar refractivity (Wildman–Crippen MR) is 111 cm³/mol. The molecule has 1 aliphatic rings. The highest BCUT2D eigenvalue weighted by Gasteiger charge is 2.25. The molecule has 8 heteroatoms. The van der Waals surface area contributed by atoms with Crippen molar-refractivity contribution in [2.75, 3.05) is 32.7 Å². The van der Waals surface area contributed by atoms with E-state index < -0.39 is 0 Å². The van der Waals surface area contributed by atoms with E-state index in [-0.39, 0.29) is 24.1 Å². The van der Waals surface area contributed by atoms with E-state index in [4.69, 9.17) is 4.52 Å². The van der Waals surface area contributed by atoms with Gasteiger partial charge in [0.1, 0.15) is 5.76 Å². The summed E-state index contributed by atoms with van der Waals surface area (Å²) in [4.78, 5) is 40.5. The summed E-state index contributed by atoms with van der Waals surface area (Å²) in [7, 11) is 0. The molecule has 1 aliphatic heterocycles. The van der Waals surface area contributed by atoms with Crippen molar-refractivity contribution in [2.45, 2.75) is 33.1 Å². The molecule has 0 radical (unpaired) electrons. The van der Waals surface area contributed by atoms with Crippen molar-refractivity contribution in [2.24, 2.45) is 0 Å². The van der Waals surface area contributed by atoms with Crippen molar-refractivity contribution in [3.8, 4) is 0 Å². The molecular formula is C22H28N4O4. The smallest absolute Gasteiger partial charge is 0.251 e. The quantitative estimate of drug-likeness (QED) is 0.699. The predicted octanol–water partition coefficient (Wildman–Crippen LogP) is 1.71. The van der Waals surface area contributed by atoms with E-state index in [2.05, 4.69) is 10.5 Å². The molecule has 0 unspecified atom stereocenters. The van der Waals surface area contributed by atoms with Crippen LogP contribution in [0.2, 0.25) is 0 Å². The number of hydrogen-bond donors (Lipinski definition) is 1. The highest BCUT2D eigenvalue weighted by Crippen LogP contribution is 2.15. The van der Waals surface area contributed by atoms with E-state index in [0.717, 1.165) is 11.3 Å². The van der Waals surface area contributed by atoms with E-state index >= 15 is 0 Å². The minimum absolute atomic E-state index is 0.0279. The van der Waals surface area contributed by atoms with E-state index in [0.29, 0.717) is 56.9 Å². The third-order valence-corrected chi connectivity index (χ3v) is 5.38. The Balaban J connectivity index is 1.36. The number of carbonyl (C=O) groups excluding carboxylic acids is 3. The number of aryl methyl sites for hydroxylation is 2. The van der Waals surface area contributed by atoms with Gasteiger partial charge in [-0.25, -0.2) is 0 Å². The van der Waals surface area contributed by atoms with Crippen molar-refractivity contribution in [3.05, 3.63) is 52.9 Å². The van der Waals surface area contributed by atoms with Gasteiger partial charge in [0, 0.05) is 50.3 Å². The molecule has 1 aromatic carbocycles. The van der Waals surface area contributed by atoms with Gasteiger partial charge in [0.2, 0.25) is 11.8 Å². The molecule has 0 atom stereocenters. The zero-order chi connectivity index (χ0) is 21.5. The molecule has 0 saturated carbocycles. The number of nitrogens with zero attached hydrogens (tertiary/aromatic N) is 3. The van der Waals surface area contributed by atoms with Crippen LogP contribution in [-0.4, -0.2) is 65.4 Å². The van der Waals surface area contributed by atoms with E-state index in [1.807, 2.05) is 32.0 Å². The molecule has 1 fully saturated rings. The Morgan fingerprint density at radius 3 is 2.23 bits per heavy atom. The van der Waals surface area contributed by atoms with Crippen LogP contribution >= 0.6 is 0 Å².